The minimum Gasteiger partial charge on any atom is -0.398 e. The van der Waals surface area contributed by atoms with E-state index in [4.69, 9.17) is 17.3 Å². The van der Waals surface area contributed by atoms with Gasteiger partial charge in [-0.2, -0.15) is 0 Å². The molecule has 5 heteroatoms. The molecule has 4 rings (SSSR count). The summed E-state index contributed by atoms with van der Waals surface area (Å²) < 4.78 is 0.527. The van der Waals surface area contributed by atoms with E-state index in [1.165, 1.54) is 0 Å². The zero-order valence-corrected chi connectivity index (χ0v) is 15.2. The first-order valence-corrected chi connectivity index (χ1v) is 8.73. The van der Waals surface area contributed by atoms with Crippen LogP contribution in [0.4, 0.5) is 5.69 Å². The van der Waals surface area contributed by atoms with Gasteiger partial charge in [0.05, 0.1) is 16.8 Å². The summed E-state index contributed by atoms with van der Waals surface area (Å²) >= 11 is 9.73. The fourth-order valence-corrected chi connectivity index (χ4v) is 4.02. The highest BCUT2D eigenvalue weighted by atomic mass is 79.9. The van der Waals surface area contributed by atoms with Crippen LogP contribution in [-0.4, -0.2) is 11.6 Å². The third-order valence-corrected chi connectivity index (χ3v) is 5.31. The summed E-state index contributed by atoms with van der Waals surface area (Å²) in [5.41, 5.74) is 9.23. The van der Waals surface area contributed by atoms with Crippen LogP contribution in [0.3, 0.4) is 0 Å². The number of nitrogens with two attached hydrogens (primary N) is 1. The van der Waals surface area contributed by atoms with Crippen LogP contribution in [0.15, 0.2) is 59.1 Å². The average molecular weight is 413 g/mol. The maximum atomic E-state index is 13.0. The van der Waals surface area contributed by atoms with Crippen LogP contribution in [-0.2, 0) is 0 Å². The molecule has 122 valence electrons. The molecule has 0 saturated carbocycles. The second-order valence-electron chi connectivity index (χ2n) is 5.75. The minimum absolute atomic E-state index is 0.213. The Hall–Kier alpha value is -2.43. The van der Waals surface area contributed by atoms with Gasteiger partial charge >= 0.3 is 0 Å². The molecule has 3 aromatic rings. The molecule has 0 aromatic heterocycles. The maximum Gasteiger partial charge on any atom is 0.196 e. The number of hydrogen-bond acceptors (Lipinski definition) is 3. The Kier molecular flexibility index (Phi) is 3.74. The SMILES string of the molecule is Nc1c(-c2ccccc2Cl)cc(Br)c2c1C(=O)c1ccccc1C2=O. The summed E-state index contributed by atoms with van der Waals surface area (Å²) in [7, 11) is 0. The lowest BCUT2D eigenvalue weighted by atomic mass is 9.81. The number of benzene rings is 3. The van der Waals surface area contributed by atoms with Gasteiger partial charge in [0.1, 0.15) is 0 Å². The van der Waals surface area contributed by atoms with Crippen molar-refractivity contribution in [2.24, 2.45) is 0 Å². The van der Waals surface area contributed by atoms with Gasteiger partial charge in [-0.15, -0.1) is 0 Å². The summed E-state index contributed by atoms with van der Waals surface area (Å²) in [5, 5.41) is 0.524. The Morgan fingerprint density at radius 2 is 1.28 bits per heavy atom. The topological polar surface area (TPSA) is 60.2 Å². The molecule has 1 aliphatic carbocycles. The largest absolute Gasteiger partial charge is 0.398 e. The molecule has 3 nitrogen and oxygen atoms in total. The van der Waals surface area contributed by atoms with E-state index in [0.717, 1.165) is 0 Å². The van der Waals surface area contributed by atoms with Crippen LogP contribution in [0.1, 0.15) is 31.8 Å². The lowest BCUT2D eigenvalue weighted by Crippen LogP contribution is -2.23. The predicted octanol–water partition coefficient (Wildman–Crippen LogP) is 5.13. The average Bonchev–Trinajstić information content (AvgIpc) is 2.62. The van der Waals surface area contributed by atoms with E-state index in [1.807, 2.05) is 18.2 Å². The van der Waals surface area contributed by atoms with Crippen LogP contribution in [0.25, 0.3) is 11.1 Å². The van der Waals surface area contributed by atoms with Crippen LogP contribution >= 0.6 is 27.5 Å². The molecule has 0 amide bonds. The van der Waals surface area contributed by atoms with Crippen molar-refractivity contribution in [3.05, 3.63) is 86.3 Å². The fraction of sp³-hybridized carbons (Fsp3) is 0. The number of carbonyl (C=O) groups excluding carboxylic acids is 2. The number of ketones is 2. The zero-order chi connectivity index (χ0) is 17.7. The van der Waals surface area contributed by atoms with Gasteiger partial charge in [0.25, 0.3) is 0 Å². The molecule has 0 heterocycles. The third kappa shape index (κ3) is 2.33. The van der Waals surface area contributed by atoms with Gasteiger partial charge in [0.15, 0.2) is 11.6 Å². The number of halogens is 2. The minimum atomic E-state index is -0.252. The number of carbonyl (C=O) groups is 2. The number of anilines is 1. The first-order chi connectivity index (χ1) is 12.0. The number of hydrogen-bond donors (Lipinski definition) is 1. The van der Waals surface area contributed by atoms with E-state index >= 15 is 0 Å². The number of rotatable bonds is 1. The zero-order valence-electron chi connectivity index (χ0n) is 12.8. The molecule has 0 radical (unpaired) electrons. The first kappa shape index (κ1) is 16.1. The molecule has 0 fully saturated rings. The van der Waals surface area contributed by atoms with E-state index in [2.05, 4.69) is 15.9 Å². The van der Waals surface area contributed by atoms with Crippen molar-refractivity contribution in [3.8, 4) is 11.1 Å². The fourth-order valence-electron chi connectivity index (χ4n) is 3.17. The Bertz CT molecular complexity index is 1080. The Balaban J connectivity index is 2.05. The number of nitrogen functional groups attached to an aromatic ring is 1. The lowest BCUT2D eigenvalue weighted by Gasteiger charge is -2.22. The highest BCUT2D eigenvalue weighted by molar-refractivity contribution is 9.10. The molecule has 0 unspecified atom stereocenters. The van der Waals surface area contributed by atoms with E-state index < -0.39 is 0 Å². The van der Waals surface area contributed by atoms with Crippen molar-refractivity contribution in [1.82, 2.24) is 0 Å². The summed E-state index contributed by atoms with van der Waals surface area (Å²) in [4.78, 5) is 25.9. The maximum absolute atomic E-state index is 13.0. The van der Waals surface area contributed by atoms with Gasteiger partial charge in [0.2, 0.25) is 0 Å². The molecule has 1 aliphatic rings. The summed E-state index contributed by atoms with van der Waals surface area (Å²) in [6.45, 7) is 0. The van der Waals surface area contributed by atoms with Gasteiger partial charge in [-0.25, -0.2) is 0 Å². The highest BCUT2D eigenvalue weighted by Gasteiger charge is 2.34. The van der Waals surface area contributed by atoms with Crippen molar-refractivity contribution in [1.29, 1.82) is 0 Å². The van der Waals surface area contributed by atoms with Crippen LogP contribution in [0.2, 0.25) is 5.02 Å². The third-order valence-electron chi connectivity index (χ3n) is 4.35. The molecule has 0 aliphatic heterocycles. The van der Waals surface area contributed by atoms with Gasteiger partial charge in [0, 0.05) is 31.7 Å². The lowest BCUT2D eigenvalue weighted by molar-refractivity contribution is 0.0979. The van der Waals surface area contributed by atoms with Crippen LogP contribution in [0, 0.1) is 0 Å². The first-order valence-electron chi connectivity index (χ1n) is 7.56. The van der Waals surface area contributed by atoms with Gasteiger partial charge in [-0.1, -0.05) is 54.1 Å². The Morgan fingerprint density at radius 1 is 0.760 bits per heavy atom. The normalized spacial score (nSPS) is 12.7. The Labute approximate surface area is 157 Å². The molecule has 0 atom stereocenters. The molecule has 0 bridgehead atoms. The summed E-state index contributed by atoms with van der Waals surface area (Å²) in [6.07, 6.45) is 0. The summed E-state index contributed by atoms with van der Waals surface area (Å²) in [6, 6.07) is 15.8. The molecule has 0 saturated heterocycles. The smallest absolute Gasteiger partial charge is 0.196 e. The van der Waals surface area contributed by atoms with Crippen molar-refractivity contribution >= 4 is 44.8 Å². The molecule has 25 heavy (non-hydrogen) atoms. The van der Waals surface area contributed by atoms with E-state index in [-0.39, 0.29) is 22.8 Å². The quantitative estimate of drug-likeness (QED) is 0.441. The molecule has 2 N–H and O–H groups in total. The molecule has 3 aromatic carbocycles. The van der Waals surface area contributed by atoms with Gasteiger partial charge < -0.3 is 5.73 Å². The van der Waals surface area contributed by atoms with Crippen molar-refractivity contribution in [2.75, 3.05) is 5.73 Å². The molecule has 0 spiro atoms. The Morgan fingerprint density at radius 3 is 1.88 bits per heavy atom. The standard InChI is InChI=1S/C20H11BrClNO2/c21-14-9-13(10-5-3-4-8-15(10)22)18(23)17-16(14)19(24)11-6-1-2-7-12(11)20(17)25/h1-9H,23H2. The molecular formula is C20H11BrClNO2. The van der Waals surface area contributed by atoms with Crippen molar-refractivity contribution in [2.45, 2.75) is 0 Å². The second-order valence-corrected chi connectivity index (χ2v) is 7.01. The monoisotopic (exact) mass is 411 g/mol. The summed E-state index contributed by atoms with van der Waals surface area (Å²) in [5.74, 6) is -0.466. The predicted molar refractivity (Wildman–Crippen MR) is 102 cm³/mol. The van der Waals surface area contributed by atoms with E-state index in [9.17, 15) is 9.59 Å². The van der Waals surface area contributed by atoms with Crippen molar-refractivity contribution < 1.29 is 9.59 Å². The van der Waals surface area contributed by atoms with Crippen LogP contribution < -0.4 is 5.73 Å². The van der Waals surface area contributed by atoms with E-state index in [1.54, 1.807) is 36.4 Å². The highest BCUT2D eigenvalue weighted by Crippen LogP contribution is 2.42. The second kappa shape index (κ2) is 5.83. The number of fused-ring (bicyclic) bond motifs is 2. The molecular weight excluding hydrogens is 402 g/mol. The van der Waals surface area contributed by atoms with Crippen molar-refractivity contribution in [3.63, 3.8) is 0 Å². The van der Waals surface area contributed by atoms with Gasteiger partial charge in [-0.05, 0) is 28.1 Å². The van der Waals surface area contributed by atoms with E-state index in [0.29, 0.717) is 37.3 Å². The van der Waals surface area contributed by atoms with Gasteiger partial charge in [-0.3, -0.25) is 9.59 Å². The van der Waals surface area contributed by atoms with Crippen LogP contribution in [0.5, 0.6) is 0 Å².